The Morgan fingerprint density at radius 1 is 1.16 bits per heavy atom. The lowest BCUT2D eigenvalue weighted by Crippen LogP contribution is -2.22. The number of carbonyl (C=O) groups excluding carboxylic acids is 1. The summed E-state index contributed by atoms with van der Waals surface area (Å²) < 4.78 is 31.6. The number of sulfonamides is 1. The average molecular weight is 439 g/mol. The number of carbonyl (C=O) groups is 1. The zero-order valence-corrected chi connectivity index (χ0v) is 18.8. The number of esters is 1. The van der Waals surface area contributed by atoms with Crippen molar-refractivity contribution < 1.29 is 17.9 Å². The van der Waals surface area contributed by atoms with E-state index < -0.39 is 16.0 Å². The molecule has 1 heterocycles. The Bertz CT molecular complexity index is 1250. The number of ether oxygens (including phenoxy) is 1. The van der Waals surface area contributed by atoms with Crippen LogP contribution in [0.4, 0.5) is 0 Å². The van der Waals surface area contributed by atoms with Crippen LogP contribution in [0.5, 0.6) is 0 Å². The molecular weight excluding hydrogens is 412 g/mol. The van der Waals surface area contributed by atoms with Crippen LogP contribution in [0.1, 0.15) is 40.5 Å². The molecule has 4 rings (SSSR count). The van der Waals surface area contributed by atoms with Crippen LogP contribution in [0, 0.1) is 5.92 Å². The lowest BCUT2D eigenvalue weighted by Gasteiger charge is -2.24. The third kappa shape index (κ3) is 4.20. The number of rotatable bonds is 5. The zero-order valence-electron chi connectivity index (χ0n) is 18.0. The number of fused-ring (bicyclic) bond motifs is 2. The third-order valence-corrected chi connectivity index (χ3v) is 7.57. The van der Waals surface area contributed by atoms with Gasteiger partial charge in [-0.2, -0.15) is 0 Å². The lowest BCUT2D eigenvalue weighted by atomic mass is 9.84. The summed E-state index contributed by atoms with van der Waals surface area (Å²) >= 11 is 0. The van der Waals surface area contributed by atoms with Crippen molar-refractivity contribution in [3.63, 3.8) is 0 Å². The number of para-hydroxylation sites is 1. The molecule has 0 radical (unpaired) electrons. The van der Waals surface area contributed by atoms with Crippen LogP contribution in [-0.4, -0.2) is 37.8 Å². The second-order valence-corrected chi connectivity index (χ2v) is 10.4. The Kier molecular flexibility index (Phi) is 5.81. The second-order valence-electron chi connectivity index (χ2n) is 8.29. The highest BCUT2D eigenvalue weighted by molar-refractivity contribution is 7.89. The summed E-state index contributed by atoms with van der Waals surface area (Å²) in [5, 5.41) is 0.796. The number of hydrogen-bond acceptors (Lipinski definition) is 5. The molecule has 0 spiro atoms. The number of hydrogen-bond donors (Lipinski definition) is 0. The summed E-state index contributed by atoms with van der Waals surface area (Å²) in [6.07, 6.45) is 2.71. The highest BCUT2D eigenvalue weighted by atomic mass is 32.2. The quantitative estimate of drug-likeness (QED) is 0.564. The van der Waals surface area contributed by atoms with E-state index in [1.54, 1.807) is 18.2 Å². The molecule has 1 atom stereocenters. The summed E-state index contributed by atoms with van der Waals surface area (Å²) in [6, 6.07) is 14.1. The monoisotopic (exact) mass is 438 g/mol. The van der Waals surface area contributed by atoms with Gasteiger partial charge >= 0.3 is 5.97 Å². The van der Waals surface area contributed by atoms with Crippen molar-refractivity contribution in [2.75, 3.05) is 14.1 Å². The largest absolute Gasteiger partial charge is 0.457 e. The molecule has 0 saturated carbocycles. The molecular formula is C24H26N2O4S. The standard InChI is InChI=1S/C24H26N2O4S/c1-16-11-12-22-20(13-16)23(19-9-4-5-10-21(19)25-22)24(27)30-15-17-7-6-8-18(14-17)31(28,29)26(2)3/h4-10,14,16H,11-13,15H2,1-3H3/t16-/m1/s1. The Hall–Kier alpha value is -2.77. The summed E-state index contributed by atoms with van der Waals surface area (Å²) in [7, 11) is -0.579. The number of nitrogens with zero attached hydrogens (tertiary/aromatic N) is 2. The Morgan fingerprint density at radius 2 is 1.94 bits per heavy atom. The van der Waals surface area contributed by atoms with Gasteiger partial charge in [-0.1, -0.05) is 37.3 Å². The predicted octanol–water partition coefficient (Wildman–Crippen LogP) is 3.97. The molecule has 0 saturated heterocycles. The summed E-state index contributed by atoms with van der Waals surface area (Å²) in [5.74, 6) is 0.0831. The maximum Gasteiger partial charge on any atom is 0.339 e. The molecule has 1 aliphatic rings. The molecule has 1 aliphatic carbocycles. The fourth-order valence-electron chi connectivity index (χ4n) is 4.02. The fourth-order valence-corrected chi connectivity index (χ4v) is 5.00. The van der Waals surface area contributed by atoms with E-state index in [9.17, 15) is 13.2 Å². The number of aromatic nitrogens is 1. The average Bonchev–Trinajstić information content (AvgIpc) is 2.76. The molecule has 0 unspecified atom stereocenters. The van der Waals surface area contributed by atoms with Crippen LogP contribution in [-0.2, 0) is 34.2 Å². The van der Waals surface area contributed by atoms with Gasteiger partial charge in [0.1, 0.15) is 6.61 Å². The van der Waals surface area contributed by atoms with E-state index >= 15 is 0 Å². The normalized spacial score (nSPS) is 16.3. The van der Waals surface area contributed by atoms with E-state index in [1.807, 2.05) is 24.3 Å². The Labute approximate surface area is 182 Å². The first-order valence-electron chi connectivity index (χ1n) is 10.4. The van der Waals surface area contributed by atoms with Gasteiger partial charge in [0, 0.05) is 25.2 Å². The van der Waals surface area contributed by atoms with Gasteiger partial charge in [-0.25, -0.2) is 17.5 Å². The van der Waals surface area contributed by atoms with Crippen molar-refractivity contribution >= 4 is 26.9 Å². The first-order chi connectivity index (χ1) is 14.8. The lowest BCUT2D eigenvalue weighted by molar-refractivity contribution is 0.0473. The molecule has 3 aromatic rings. The SMILES string of the molecule is C[C@@H]1CCc2nc3ccccc3c(C(=O)OCc3cccc(S(=O)(=O)N(C)C)c3)c2C1. The van der Waals surface area contributed by atoms with Crippen molar-refractivity contribution in [3.05, 3.63) is 70.9 Å². The van der Waals surface area contributed by atoms with Crippen molar-refractivity contribution in [3.8, 4) is 0 Å². The van der Waals surface area contributed by atoms with E-state index in [2.05, 4.69) is 6.92 Å². The highest BCUT2D eigenvalue weighted by Gasteiger charge is 2.26. The van der Waals surface area contributed by atoms with Crippen LogP contribution < -0.4 is 0 Å². The summed E-state index contributed by atoms with van der Waals surface area (Å²) in [4.78, 5) is 18.2. The van der Waals surface area contributed by atoms with Crippen LogP contribution in [0.2, 0.25) is 0 Å². The fraction of sp³-hybridized carbons (Fsp3) is 0.333. The molecule has 162 valence electrons. The molecule has 7 heteroatoms. The van der Waals surface area contributed by atoms with E-state index in [0.717, 1.165) is 45.7 Å². The van der Waals surface area contributed by atoms with Gasteiger partial charge in [-0.05, 0) is 54.5 Å². The Balaban J connectivity index is 1.65. The highest BCUT2D eigenvalue weighted by Crippen LogP contribution is 2.32. The minimum atomic E-state index is -3.55. The van der Waals surface area contributed by atoms with Crippen molar-refractivity contribution in [1.29, 1.82) is 0 Å². The van der Waals surface area contributed by atoms with Gasteiger partial charge in [-0.15, -0.1) is 0 Å². The second kappa shape index (κ2) is 8.40. The molecule has 6 nitrogen and oxygen atoms in total. The number of aryl methyl sites for hydroxylation is 1. The Morgan fingerprint density at radius 3 is 2.71 bits per heavy atom. The molecule has 0 amide bonds. The van der Waals surface area contributed by atoms with Crippen molar-refractivity contribution in [1.82, 2.24) is 9.29 Å². The molecule has 0 fully saturated rings. The van der Waals surface area contributed by atoms with E-state index in [1.165, 1.54) is 20.2 Å². The first-order valence-corrected chi connectivity index (χ1v) is 11.8. The van der Waals surface area contributed by atoms with Crippen LogP contribution in [0.15, 0.2) is 53.4 Å². The molecule has 0 aliphatic heterocycles. The maximum atomic E-state index is 13.2. The van der Waals surface area contributed by atoms with Crippen LogP contribution >= 0.6 is 0 Å². The van der Waals surface area contributed by atoms with Gasteiger partial charge in [0.05, 0.1) is 16.0 Å². The zero-order chi connectivity index (χ0) is 22.2. The van der Waals surface area contributed by atoms with E-state index in [-0.39, 0.29) is 11.5 Å². The van der Waals surface area contributed by atoms with Gasteiger partial charge in [-0.3, -0.25) is 4.98 Å². The minimum absolute atomic E-state index is 0.00337. The molecule has 0 bridgehead atoms. The van der Waals surface area contributed by atoms with E-state index in [4.69, 9.17) is 9.72 Å². The summed E-state index contributed by atoms with van der Waals surface area (Å²) in [6.45, 7) is 2.18. The number of benzene rings is 2. The van der Waals surface area contributed by atoms with Crippen molar-refractivity contribution in [2.45, 2.75) is 37.7 Å². The van der Waals surface area contributed by atoms with Crippen molar-refractivity contribution in [2.24, 2.45) is 5.92 Å². The molecule has 1 aromatic heterocycles. The molecule has 31 heavy (non-hydrogen) atoms. The maximum absolute atomic E-state index is 13.2. The van der Waals surface area contributed by atoms with Gasteiger partial charge < -0.3 is 4.74 Å². The minimum Gasteiger partial charge on any atom is -0.457 e. The molecule has 0 N–H and O–H groups in total. The van der Waals surface area contributed by atoms with Gasteiger partial charge in [0.15, 0.2) is 0 Å². The van der Waals surface area contributed by atoms with Gasteiger partial charge in [0.2, 0.25) is 10.0 Å². The van der Waals surface area contributed by atoms with Crippen LogP contribution in [0.25, 0.3) is 10.9 Å². The first kappa shape index (κ1) is 21.5. The molecule has 2 aromatic carbocycles. The third-order valence-electron chi connectivity index (χ3n) is 5.76. The van der Waals surface area contributed by atoms with E-state index in [0.29, 0.717) is 17.0 Å². The van der Waals surface area contributed by atoms with Gasteiger partial charge in [0.25, 0.3) is 0 Å². The predicted molar refractivity (Wildman–Crippen MR) is 119 cm³/mol. The smallest absolute Gasteiger partial charge is 0.339 e. The number of pyridine rings is 1. The topological polar surface area (TPSA) is 76.6 Å². The summed E-state index contributed by atoms with van der Waals surface area (Å²) in [5.41, 5.74) is 3.96. The van der Waals surface area contributed by atoms with Crippen LogP contribution in [0.3, 0.4) is 0 Å².